The van der Waals surface area contributed by atoms with Crippen LogP contribution in [0.25, 0.3) is 0 Å². The third kappa shape index (κ3) is 4.58. The van der Waals surface area contributed by atoms with Crippen LogP contribution in [0.2, 0.25) is 0 Å². The second kappa shape index (κ2) is 6.57. The van der Waals surface area contributed by atoms with Crippen LogP contribution in [0.1, 0.15) is 30.3 Å². The number of hydrogen-bond donors (Lipinski definition) is 3. The van der Waals surface area contributed by atoms with Gasteiger partial charge in [0, 0.05) is 25.6 Å². The van der Waals surface area contributed by atoms with Gasteiger partial charge in [-0.2, -0.15) is 0 Å². The molecule has 17 heavy (non-hydrogen) atoms. The van der Waals surface area contributed by atoms with Gasteiger partial charge in [-0.05, 0) is 12.5 Å². The second-order valence-electron chi connectivity index (χ2n) is 3.50. The van der Waals surface area contributed by atoms with Crippen LogP contribution >= 0.6 is 0 Å². The Kier molecular flexibility index (Phi) is 5.06. The fraction of sp³-hybridized carbons (Fsp3) is 0.455. The van der Waals surface area contributed by atoms with Crippen molar-refractivity contribution in [1.29, 1.82) is 0 Å². The molecule has 1 aromatic heterocycles. The summed E-state index contributed by atoms with van der Waals surface area (Å²) in [6.07, 6.45) is 1.22. The average molecular weight is 240 g/mol. The van der Waals surface area contributed by atoms with Gasteiger partial charge in [0.2, 0.25) is 11.7 Å². The number of rotatable bonds is 7. The topological polar surface area (TPSA) is 91.6 Å². The molecule has 0 unspecified atom stereocenters. The van der Waals surface area contributed by atoms with Crippen molar-refractivity contribution in [1.82, 2.24) is 5.32 Å². The highest BCUT2D eigenvalue weighted by molar-refractivity contribution is 5.84. The molecule has 0 atom stereocenters. The van der Waals surface area contributed by atoms with Crippen LogP contribution in [0, 0.1) is 0 Å². The minimum atomic E-state index is -1.11. The fourth-order valence-electron chi connectivity index (χ4n) is 1.20. The van der Waals surface area contributed by atoms with E-state index in [-0.39, 0.29) is 11.7 Å². The summed E-state index contributed by atoms with van der Waals surface area (Å²) >= 11 is 0. The van der Waals surface area contributed by atoms with Crippen molar-refractivity contribution in [3.63, 3.8) is 0 Å². The Morgan fingerprint density at radius 2 is 2.12 bits per heavy atom. The van der Waals surface area contributed by atoms with Crippen LogP contribution in [0.3, 0.4) is 0 Å². The first kappa shape index (κ1) is 13.1. The molecule has 0 radical (unpaired) electrons. The van der Waals surface area contributed by atoms with Crippen LogP contribution in [0.15, 0.2) is 16.5 Å². The van der Waals surface area contributed by atoms with Crippen molar-refractivity contribution in [2.75, 3.05) is 18.4 Å². The zero-order chi connectivity index (χ0) is 12.7. The zero-order valence-electron chi connectivity index (χ0n) is 9.66. The lowest BCUT2D eigenvalue weighted by molar-refractivity contribution is -0.120. The van der Waals surface area contributed by atoms with Gasteiger partial charge in [0.25, 0.3) is 0 Å². The second-order valence-corrected chi connectivity index (χ2v) is 3.50. The Morgan fingerprint density at radius 3 is 2.71 bits per heavy atom. The molecule has 6 nitrogen and oxygen atoms in total. The van der Waals surface area contributed by atoms with E-state index in [9.17, 15) is 9.59 Å². The molecule has 1 rings (SSSR count). The predicted octanol–water partition coefficient (Wildman–Crippen LogP) is 1.31. The molecule has 1 aromatic rings. The normalized spacial score (nSPS) is 9.94. The zero-order valence-corrected chi connectivity index (χ0v) is 9.66. The van der Waals surface area contributed by atoms with Gasteiger partial charge in [-0.25, -0.2) is 4.79 Å². The number of furan rings is 1. The molecule has 94 valence electrons. The number of nitrogens with one attached hydrogen (secondary N) is 2. The third-order valence-electron chi connectivity index (χ3n) is 2.04. The molecule has 0 aliphatic rings. The highest BCUT2D eigenvalue weighted by atomic mass is 16.4. The van der Waals surface area contributed by atoms with Crippen molar-refractivity contribution in [2.45, 2.75) is 19.8 Å². The molecule has 6 heteroatoms. The number of carbonyl (C=O) groups is 2. The van der Waals surface area contributed by atoms with Crippen molar-refractivity contribution >= 4 is 17.8 Å². The number of anilines is 1. The Hall–Kier alpha value is -1.98. The van der Waals surface area contributed by atoms with Crippen molar-refractivity contribution < 1.29 is 19.1 Å². The van der Waals surface area contributed by atoms with Gasteiger partial charge in [0.1, 0.15) is 0 Å². The Bertz CT molecular complexity index is 387. The maximum Gasteiger partial charge on any atom is 0.371 e. The maximum atomic E-state index is 11.2. The first-order valence-corrected chi connectivity index (χ1v) is 5.47. The minimum absolute atomic E-state index is 0.0376. The Morgan fingerprint density at radius 1 is 1.35 bits per heavy atom. The van der Waals surface area contributed by atoms with E-state index in [1.807, 2.05) is 6.92 Å². The SMILES string of the molecule is CCCNC(=O)CCNc1ccc(C(=O)O)o1. The standard InChI is InChI=1S/C11H16N2O4/c1-2-6-12-9(14)5-7-13-10-4-3-8(17-10)11(15)16/h3-4,13H,2,5-7H2,1H3,(H,12,14)(H,15,16). The Labute approximate surface area is 99.0 Å². The number of hydrogen-bond acceptors (Lipinski definition) is 4. The van der Waals surface area contributed by atoms with Crippen LogP contribution in [-0.2, 0) is 4.79 Å². The highest BCUT2D eigenvalue weighted by Gasteiger charge is 2.08. The molecule has 1 heterocycles. The highest BCUT2D eigenvalue weighted by Crippen LogP contribution is 2.12. The number of carboxylic acid groups (broad SMARTS) is 1. The van der Waals surface area contributed by atoms with E-state index in [0.29, 0.717) is 25.4 Å². The molecular weight excluding hydrogens is 224 g/mol. The molecule has 3 N–H and O–H groups in total. The van der Waals surface area contributed by atoms with Crippen LogP contribution < -0.4 is 10.6 Å². The van der Waals surface area contributed by atoms with Crippen molar-refractivity contribution in [2.24, 2.45) is 0 Å². The fourth-order valence-corrected chi connectivity index (χ4v) is 1.20. The molecule has 0 aromatic carbocycles. The first-order chi connectivity index (χ1) is 8.13. The average Bonchev–Trinajstić information content (AvgIpc) is 2.75. The number of aromatic carboxylic acids is 1. The van der Waals surface area contributed by atoms with Gasteiger partial charge >= 0.3 is 5.97 Å². The summed E-state index contributed by atoms with van der Waals surface area (Å²) in [5.41, 5.74) is 0. The van der Waals surface area contributed by atoms with E-state index in [4.69, 9.17) is 9.52 Å². The summed E-state index contributed by atoms with van der Waals surface area (Å²) in [6, 6.07) is 2.88. The van der Waals surface area contributed by atoms with Gasteiger partial charge < -0.3 is 20.2 Å². The first-order valence-electron chi connectivity index (χ1n) is 5.47. The Balaban J connectivity index is 2.26. The number of carboxylic acids is 1. The number of carbonyl (C=O) groups excluding carboxylic acids is 1. The molecule has 0 aliphatic heterocycles. The van der Waals surface area contributed by atoms with Crippen LogP contribution in [0.5, 0.6) is 0 Å². The summed E-state index contributed by atoms with van der Waals surface area (Å²) < 4.78 is 4.97. The molecule has 0 aliphatic carbocycles. The van der Waals surface area contributed by atoms with Gasteiger partial charge in [0.15, 0.2) is 5.88 Å². The third-order valence-corrected chi connectivity index (χ3v) is 2.04. The molecule has 0 fully saturated rings. The van der Waals surface area contributed by atoms with Crippen molar-refractivity contribution in [3.05, 3.63) is 17.9 Å². The molecule has 1 amide bonds. The van der Waals surface area contributed by atoms with E-state index < -0.39 is 5.97 Å². The largest absolute Gasteiger partial charge is 0.475 e. The predicted molar refractivity (Wildman–Crippen MR) is 62.1 cm³/mol. The van der Waals surface area contributed by atoms with Gasteiger partial charge in [0.05, 0.1) is 0 Å². The van der Waals surface area contributed by atoms with Gasteiger partial charge in [-0.15, -0.1) is 0 Å². The number of amides is 1. The van der Waals surface area contributed by atoms with E-state index in [1.165, 1.54) is 12.1 Å². The van der Waals surface area contributed by atoms with E-state index >= 15 is 0 Å². The van der Waals surface area contributed by atoms with Gasteiger partial charge in [-0.1, -0.05) is 6.92 Å². The van der Waals surface area contributed by atoms with E-state index in [1.54, 1.807) is 0 Å². The summed E-state index contributed by atoms with van der Waals surface area (Å²) in [7, 11) is 0. The molecule has 0 saturated carbocycles. The summed E-state index contributed by atoms with van der Waals surface area (Å²) in [5, 5.41) is 14.2. The summed E-state index contributed by atoms with van der Waals surface area (Å²) in [4.78, 5) is 21.8. The molecule has 0 saturated heterocycles. The van der Waals surface area contributed by atoms with Crippen molar-refractivity contribution in [3.8, 4) is 0 Å². The lowest BCUT2D eigenvalue weighted by Crippen LogP contribution is -2.25. The van der Waals surface area contributed by atoms with Gasteiger partial charge in [-0.3, -0.25) is 4.79 Å². The maximum absolute atomic E-state index is 11.2. The van der Waals surface area contributed by atoms with Crippen LogP contribution in [-0.4, -0.2) is 30.1 Å². The molecular formula is C11H16N2O4. The summed E-state index contributed by atoms with van der Waals surface area (Å²) in [6.45, 7) is 3.06. The minimum Gasteiger partial charge on any atom is -0.475 e. The lowest BCUT2D eigenvalue weighted by Gasteiger charge is -2.04. The van der Waals surface area contributed by atoms with E-state index in [2.05, 4.69) is 10.6 Å². The monoisotopic (exact) mass is 240 g/mol. The lowest BCUT2D eigenvalue weighted by atomic mass is 10.3. The smallest absolute Gasteiger partial charge is 0.371 e. The quantitative estimate of drug-likeness (QED) is 0.668. The van der Waals surface area contributed by atoms with Crippen LogP contribution in [0.4, 0.5) is 5.88 Å². The van der Waals surface area contributed by atoms with E-state index in [0.717, 1.165) is 6.42 Å². The molecule has 0 bridgehead atoms. The summed E-state index contributed by atoms with van der Waals surface area (Å²) in [5.74, 6) is -0.920. The molecule has 0 spiro atoms.